The molecule has 3 nitrogen and oxygen atoms in total. The molecule has 0 aromatic heterocycles. The van der Waals surface area contributed by atoms with Crippen molar-refractivity contribution in [2.75, 3.05) is 6.61 Å². The first kappa shape index (κ1) is 13.3. The monoisotopic (exact) mass is 250 g/mol. The quantitative estimate of drug-likeness (QED) is 0.621. The molecular weight excluding hydrogens is 236 g/mol. The number of hydrogen-bond acceptors (Lipinski definition) is 3. The molecule has 0 saturated carbocycles. The molecule has 1 N–H and O–H groups in total. The Morgan fingerprint density at radius 2 is 2.06 bits per heavy atom. The van der Waals surface area contributed by atoms with Crippen molar-refractivity contribution in [2.24, 2.45) is 4.99 Å². The second-order valence-electron chi connectivity index (χ2n) is 3.07. The SMILES string of the molecule is CCO/C=C/N/C=C/N=Cc1ccc(Cl)cc1. The van der Waals surface area contributed by atoms with Crippen LogP contribution in [-0.2, 0) is 4.74 Å². The van der Waals surface area contributed by atoms with E-state index < -0.39 is 0 Å². The van der Waals surface area contributed by atoms with Gasteiger partial charge in [0.2, 0.25) is 0 Å². The van der Waals surface area contributed by atoms with E-state index in [1.165, 1.54) is 0 Å². The molecule has 0 fully saturated rings. The van der Waals surface area contributed by atoms with Crippen LogP contribution in [0.25, 0.3) is 0 Å². The highest BCUT2D eigenvalue weighted by Gasteiger charge is 1.86. The number of benzene rings is 1. The molecule has 1 rings (SSSR count). The van der Waals surface area contributed by atoms with Crippen molar-refractivity contribution in [2.45, 2.75) is 6.92 Å². The number of halogens is 1. The fourth-order valence-corrected chi connectivity index (χ4v) is 1.13. The van der Waals surface area contributed by atoms with Crippen LogP contribution in [0.3, 0.4) is 0 Å². The lowest BCUT2D eigenvalue weighted by molar-refractivity contribution is 0.268. The highest BCUT2D eigenvalue weighted by atomic mass is 35.5. The molecule has 1 aromatic rings. The predicted molar refractivity (Wildman–Crippen MR) is 72.1 cm³/mol. The van der Waals surface area contributed by atoms with Gasteiger partial charge in [-0.05, 0) is 24.6 Å². The Bertz CT molecular complexity index is 396. The smallest absolute Gasteiger partial charge is 0.0988 e. The van der Waals surface area contributed by atoms with Crippen molar-refractivity contribution < 1.29 is 4.74 Å². The molecule has 0 spiro atoms. The average Bonchev–Trinajstić information content (AvgIpc) is 2.35. The summed E-state index contributed by atoms with van der Waals surface area (Å²) >= 11 is 5.77. The number of rotatable bonds is 6. The summed E-state index contributed by atoms with van der Waals surface area (Å²) in [5, 5.41) is 3.62. The summed E-state index contributed by atoms with van der Waals surface area (Å²) in [5.41, 5.74) is 1.00. The van der Waals surface area contributed by atoms with Crippen molar-refractivity contribution in [3.05, 3.63) is 59.7 Å². The number of nitrogens with zero attached hydrogens (tertiary/aromatic N) is 1. The number of ether oxygens (including phenoxy) is 1. The van der Waals surface area contributed by atoms with Gasteiger partial charge in [0.25, 0.3) is 0 Å². The van der Waals surface area contributed by atoms with Gasteiger partial charge in [-0.15, -0.1) is 0 Å². The maximum Gasteiger partial charge on any atom is 0.0988 e. The minimum absolute atomic E-state index is 0.663. The van der Waals surface area contributed by atoms with Gasteiger partial charge in [-0.25, -0.2) is 0 Å². The lowest BCUT2D eigenvalue weighted by Crippen LogP contribution is -1.91. The Kier molecular flexibility index (Phi) is 6.60. The molecule has 0 aliphatic rings. The Balaban J connectivity index is 2.30. The summed E-state index contributed by atoms with van der Waals surface area (Å²) in [7, 11) is 0. The van der Waals surface area contributed by atoms with E-state index >= 15 is 0 Å². The van der Waals surface area contributed by atoms with E-state index in [1.54, 1.807) is 31.1 Å². The number of aliphatic imine (C=N–C) groups is 1. The molecule has 4 heteroatoms. The third-order valence-corrected chi connectivity index (χ3v) is 2.03. The van der Waals surface area contributed by atoms with Crippen LogP contribution in [0.1, 0.15) is 12.5 Å². The van der Waals surface area contributed by atoms with Gasteiger partial charge in [0, 0.05) is 29.8 Å². The lowest BCUT2D eigenvalue weighted by atomic mass is 10.2. The highest BCUT2D eigenvalue weighted by Crippen LogP contribution is 2.07. The van der Waals surface area contributed by atoms with Gasteiger partial charge in [-0.1, -0.05) is 23.7 Å². The Labute approximate surface area is 106 Å². The van der Waals surface area contributed by atoms with E-state index in [9.17, 15) is 0 Å². The van der Waals surface area contributed by atoms with Crippen molar-refractivity contribution in [1.29, 1.82) is 0 Å². The summed E-state index contributed by atoms with van der Waals surface area (Å²) in [6.07, 6.45) is 8.40. The van der Waals surface area contributed by atoms with Crippen LogP contribution in [0.4, 0.5) is 0 Å². The fourth-order valence-electron chi connectivity index (χ4n) is 1.00. The molecule has 0 unspecified atom stereocenters. The third kappa shape index (κ3) is 6.43. The van der Waals surface area contributed by atoms with E-state index in [1.807, 2.05) is 31.2 Å². The van der Waals surface area contributed by atoms with E-state index in [-0.39, 0.29) is 0 Å². The molecule has 0 heterocycles. The van der Waals surface area contributed by atoms with Crippen LogP contribution in [0, 0.1) is 0 Å². The fraction of sp³-hybridized carbons (Fsp3) is 0.154. The number of hydrogen-bond donors (Lipinski definition) is 1. The van der Waals surface area contributed by atoms with Crippen molar-refractivity contribution >= 4 is 17.8 Å². The van der Waals surface area contributed by atoms with Crippen LogP contribution in [0.5, 0.6) is 0 Å². The molecule has 17 heavy (non-hydrogen) atoms. The van der Waals surface area contributed by atoms with Crippen molar-refractivity contribution in [3.63, 3.8) is 0 Å². The first-order valence-corrected chi connectivity index (χ1v) is 5.67. The zero-order valence-electron chi connectivity index (χ0n) is 9.64. The predicted octanol–water partition coefficient (Wildman–Crippen LogP) is 3.33. The average molecular weight is 251 g/mol. The minimum Gasteiger partial charge on any atom is -0.500 e. The zero-order chi connectivity index (χ0) is 12.3. The van der Waals surface area contributed by atoms with Gasteiger partial charge in [-0.3, -0.25) is 4.99 Å². The summed E-state index contributed by atoms with van der Waals surface area (Å²) in [6, 6.07) is 7.47. The van der Waals surface area contributed by atoms with Gasteiger partial charge < -0.3 is 10.1 Å². The molecule has 0 bridgehead atoms. The number of nitrogens with one attached hydrogen (secondary N) is 1. The maximum atomic E-state index is 5.77. The third-order valence-electron chi connectivity index (χ3n) is 1.78. The zero-order valence-corrected chi connectivity index (χ0v) is 10.4. The van der Waals surface area contributed by atoms with Crippen molar-refractivity contribution in [1.82, 2.24) is 5.32 Å². The molecule has 0 saturated heterocycles. The molecule has 0 aliphatic carbocycles. The molecular formula is C13H15ClN2O. The Hall–Kier alpha value is -1.74. The lowest BCUT2D eigenvalue weighted by Gasteiger charge is -1.92. The van der Waals surface area contributed by atoms with Crippen molar-refractivity contribution in [3.8, 4) is 0 Å². The standard InChI is InChI=1S/C13H15ClN2O/c1-2-17-10-9-15-7-8-16-11-12-3-5-13(14)6-4-12/h3-11,15H,2H2,1H3/b8-7+,10-9+,16-11?. The maximum absolute atomic E-state index is 5.77. The second kappa shape index (κ2) is 8.42. The van der Waals surface area contributed by atoms with E-state index in [0.717, 1.165) is 10.6 Å². The van der Waals surface area contributed by atoms with Gasteiger partial charge in [-0.2, -0.15) is 0 Å². The molecule has 0 atom stereocenters. The van der Waals surface area contributed by atoms with Gasteiger partial charge in [0.05, 0.1) is 12.9 Å². The first-order chi connectivity index (χ1) is 8.33. The second-order valence-corrected chi connectivity index (χ2v) is 3.51. The molecule has 0 amide bonds. The summed E-state index contributed by atoms with van der Waals surface area (Å²) in [5.74, 6) is 0. The largest absolute Gasteiger partial charge is 0.500 e. The van der Waals surface area contributed by atoms with Crippen LogP contribution in [-0.4, -0.2) is 12.8 Å². The van der Waals surface area contributed by atoms with Gasteiger partial charge in [0.1, 0.15) is 0 Å². The molecule has 0 aliphatic heterocycles. The van der Waals surface area contributed by atoms with Crippen LogP contribution >= 0.6 is 11.6 Å². The molecule has 0 radical (unpaired) electrons. The van der Waals surface area contributed by atoms with Gasteiger partial charge in [0.15, 0.2) is 0 Å². The van der Waals surface area contributed by atoms with E-state index in [4.69, 9.17) is 16.3 Å². The molecule has 90 valence electrons. The van der Waals surface area contributed by atoms with Gasteiger partial charge >= 0.3 is 0 Å². The summed E-state index contributed by atoms with van der Waals surface area (Å²) in [4.78, 5) is 4.10. The Morgan fingerprint density at radius 1 is 1.29 bits per heavy atom. The van der Waals surface area contributed by atoms with E-state index in [2.05, 4.69) is 10.3 Å². The molecule has 1 aromatic carbocycles. The first-order valence-electron chi connectivity index (χ1n) is 5.29. The minimum atomic E-state index is 0.663. The normalized spacial score (nSPS) is 11.6. The highest BCUT2D eigenvalue weighted by molar-refractivity contribution is 6.30. The van der Waals surface area contributed by atoms with E-state index in [0.29, 0.717) is 6.61 Å². The Morgan fingerprint density at radius 3 is 2.76 bits per heavy atom. The van der Waals surface area contributed by atoms with Crippen LogP contribution in [0.15, 0.2) is 54.1 Å². The van der Waals surface area contributed by atoms with Crippen LogP contribution in [0.2, 0.25) is 5.02 Å². The topological polar surface area (TPSA) is 33.6 Å². The van der Waals surface area contributed by atoms with Crippen LogP contribution < -0.4 is 5.32 Å². The summed E-state index contributed by atoms with van der Waals surface area (Å²) in [6.45, 7) is 2.59. The summed E-state index contributed by atoms with van der Waals surface area (Å²) < 4.78 is 4.99.